The maximum Gasteiger partial charge on any atom is 0.251 e. The first kappa shape index (κ1) is 17.2. The summed E-state index contributed by atoms with van der Waals surface area (Å²) in [6.07, 6.45) is 0.721. The third-order valence-electron chi connectivity index (χ3n) is 3.88. The van der Waals surface area contributed by atoms with Crippen molar-refractivity contribution in [3.63, 3.8) is 0 Å². The summed E-state index contributed by atoms with van der Waals surface area (Å²) in [5.74, 6) is 0.654. The molecule has 0 saturated heterocycles. The normalized spacial score (nSPS) is 10.5. The summed E-state index contributed by atoms with van der Waals surface area (Å²) in [6, 6.07) is 15.4. The number of carbonyl (C=O) groups excluding carboxylic acids is 1. The molecular weight excluding hydrogens is 332 g/mol. The number of nitrogens with one attached hydrogen (secondary N) is 1. The van der Waals surface area contributed by atoms with Crippen LogP contribution in [0.5, 0.6) is 5.75 Å². The van der Waals surface area contributed by atoms with Gasteiger partial charge in [0.2, 0.25) is 0 Å². The maximum absolute atomic E-state index is 12.1. The predicted molar refractivity (Wildman–Crippen MR) is 101 cm³/mol. The SMILES string of the molecule is COc1ccc(C(=O)NCCc2nc(-c3ccc(C)cc3)cs2)cc1. The van der Waals surface area contributed by atoms with Gasteiger partial charge in [-0.3, -0.25) is 4.79 Å². The van der Waals surface area contributed by atoms with Gasteiger partial charge in [0.1, 0.15) is 5.75 Å². The molecule has 0 fully saturated rings. The molecule has 1 amide bonds. The lowest BCUT2D eigenvalue weighted by atomic mass is 10.1. The largest absolute Gasteiger partial charge is 0.497 e. The van der Waals surface area contributed by atoms with E-state index in [1.807, 2.05) is 0 Å². The van der Waals surface area contributed by atoms with Gasteiger partial charge in [-0.15, -0.1) is 11.3 Å². The van der Waals surface area contributed by atoms with Crippen LogP contribution in [-0.2, 0) is 6.42 Å². The van der Waals surface area contributed by atoms with Gasteiger partial charge in [-0.25, -0.2) is 4.98 Å². The van der Waals surface area contributed by atoms with E-state index in [0.29, 0.717) is 12.1 Å². The summed E-state index contributed by atoms with van der Waals surface area (Å²) in [4.78, 5) is 16.8. The number of nitrogens with zero attached hydrogens (tertiary/aromatic N) is 1. The molecule has 25 heavy (non-hydrogen) atoms. The second kappa shape index (κ2) is 7.94. The molecule has 1 N–H and O–H groups in total. The third-order valence-corrected chi connectivity index (χ3v) is 4.78. The lowest BCUT2D eigenvalue weighted by molar-refractivity contribution is 0.0954. The van der Waals surface area contributed by atoms with Crippen LogP contribution in [0.3, 0.4) is 0 Å². The molecule has 0 spiro atoms. The van der Waals surface area contributed by atoms with Gasteiger partial charge in [0.25, 0.3) is 5.91 Å². The highest BCUT2D eigenvalue weighted by molar-refractivity contribution is 7.09. The summed E-state index contributed by atoms with van der Waals surface area (Å²) in [6.45, 7) is 2.63. The second-order valence-corrected chi connectivity index (χ2v) is 6.67. The number of hydrogen-bond acceptors (Lipinski definition) is 4. The molecule has 2 aromatic carbocycles. The van der Waals surface area contributed by atoms with Crippen molar-refractivity contribution in [1.82, 2.24) is 10.3 Å². The highest BCUT2D eigenvalue weighted by Gasteiger charge is 2.07. The van der Waals surface area contributed by atoms with Crippen LogP contribution in [0.4, 0.5) is 0 Å². The van der Waals surface area contributed by atoms with Crippen LogP contribution in [0.2, 0.25) is 0 Å². The molecule has 5 heteroatoms. The fourth-order valence-electron chi connectivity index (χ4n) is 2.41. The van der Waals surface area contributed by atoms with Crippen LogP contribution in [0.15, 0.2) is 53.9 Å². The molecule has 0 radical (unpaired) electrons. The lowest BCUT2D eigenvalue weighted by Gasteiger charge is -2.05. The average molecular weight is 352 g/mol. The first-order valence-electron chi connectivity index (χ1n) is 8.09. The number of aryl methyl sites for hydroxylation is 1. The van der Waals surface area contributed by atoms with Crippen LogP contribution in [0.1, 0.15) is 20.9 Å². The summed E-state index contributed by atoms with van der Waals surface area (Å²) in [5.41, 5.74) is 3.97. The highest BCUT2D eigenvalue weighted by atomic mass is 32.1. The van der Waals surface area contributed by atoms with Gasteiger partial charge >= 0.3 is 0 Å². The average Bonchev–Trinajstić information content (AvgIpc) is 3.11. The first-order valence-corrected chi connectivity index (χ1v) is 8.97. The smallest absolute Gasteiger partial charge is 0.251 e. The van der Waals surface area contributed by atoms with E-state index in [0.717, 1.165) is 28.4 Å². The van der Waals surface area contributed by atoms with E-state index in [1.165, 1.54) is 5.56 Å². The van der Waals surface area contributed by atoms with Crippen LogP contribution >= 0.6 is 11.3 Å². The number of carbonyl (C=O) groups is 1. The Hall–Kier alpha value is -2.66. The number of methoxy groups -OCH3 is 1. The Labute approximate surface area is 151 Å². The Morgan fingerprint density at radius 2 is 1.84 bits per heavy atom. The van der Waals surface area contributed by atoms with Crippen LogP contribution in [-0.4, -0.2) is 24.5 Å². The predicted octanol–water partition coefficient (Wildman–Crippen LogP) is 4.10. The Bertz CT molecular complexity index is 839. The molecule has 0 bridgehead atoms. The number of hydrogen-bond donors (Lipinski definition) is 1. The number of benzene rings is 2. The Morgan fingerprint density at radius 1 is 1.12 bits per heavy atom. The van der Waals surface area contributed by atoms with E-state index in [4.69, 9.17) is 4.74 Å². The van der Waals surface area contributed by atoms with Gasteiger partial charge in [-0.2, -0.15) is 0 Å². The molecule has 4 nitrogen and oxygen atoms in total. The molecule has 0 saturated carbocycles. The van der Waals surface area contributed by atoms with Gasteiger partial charge in [0.05, 0.1) is 17.8 Å². The molecule has 0 aliphatic rings. The monoisotopic (exact) mass is 352 g/mol. The number of ether oxygens (including phenoxy) is 1. The molecule has 0 aliphatic carbocycles. The van der Waals surface area contributed by atoms with Gasteiger partial charge in [-0.1, -0.05) is 29.8 Å². The van der Waals surface area contributed by atoms with Crippen molar-refractivity contribution in [2.24, 2.45) is 0 Å². The molecule has 0 atom stereocenters. The van der Waals surface area contributed by atoms with Crippen molar-refractivity contribution in [2.75, 3.05) is 13.7 Å². The summed E-state index contributed by atoms with van der Waals surface area (Å²) < 4.78 is 5.09. The zero-order valence-corrected chi connectivity index (χ0v) is 15.1. The highest BCUT2D eigenvalue weighted by Crippen LogP contribution is 2.22. The Morgan fingerprint density at radius 3 is 2.52 bits per heavy atom. The van der Waals surface area contributed by atoms with Crippen LogP contribution < -0.4 is 10.1 Å². The van der Waals surface area contributed by atoms with Crippen LogP contribution in [0, 0.1) is 6.92 Å². The van der Waals surface area contributed by atoms with Gasteiger partial charge in [-0.05, 0) is 31.2 Å². The molecule has 0 unspecified atom stereocenters. The fourth-order valence-corrected chi connectivity index (χ4v) is 3.22. The standard InChI is InChI=1S/C20H20N2O2S/c1-14-3-5-15(6-4-14)18-13-25-19(22-18)11-12-21-20(23)16-7-9-17(24-2)10-8-16/h3-10,13H,11-12H2,1-2H3,(H,21,23). The number of aromatic nitrogens is 1. The van der Waals surface area contributed by atoms with Crippen molar-refractivity contribution < 1.29 is 9.53 Å². The van der Waals surface area contributed by atoms with E-state index >= 15 is 0 Å². The maximum atomic E-state index is 12.1. The van der Waals surface area contributed by atoms with Crippen molar-refractivity contribution in [3.8, 4) is 17.0 Å². The number of amides is 1. The summed E-state index contributed by atoms with van der Waals surface area (Å²) in [5, 5.41) is 6.01. The van der Waals surface area contributed by atoms with E-state index < -0.39 is 0 Å². The number of thiazole rings is 1. The number of rotatable bonds is 6. The molecule has 0 aliphatic heterocycles. The van der Waals surface area contributed by atoms with E-state index in [9.17, 15) is 4.79 Å². The fraction of sp³-hybridized carbons (Fsp3) is 0.200. The van der Waals surface area contributed by atoms with Crippen molar-refractivity contribution in [3.05, 3.63) is 70.0 Å². The molecule has 3 aromatic rings. The van der Waals surface area contributed by atoms with E-state index in [2.05, 4.69) is 46.9 Å². The minimum Gasteiger partial charge on any atom is -0.497 e. The first-order chi connectivity index (χ1) is 12.2. The van der Waals surface area contributed by atoms with E-state index in [-0.39, 0.29) is 5.91 Å². The topological polar surface area (TPSA) is 51.2 Å². The molecule has 1 heterocycles. The lowest BCUT2D eigenvalue weighted by Crippen LogP contribution is -2.25. The summed E-state index contributed by atoms with van der Waals surface area (Å²) >= 11 is 1.62. The van der Waals surface area contributed by atoms with Gasteiger partial charge < -0.3 is 10.1 Å². The quantitative estimate of drug-likeness (QED) is 0.727. The Balaban J connectivity index is 1.53. The van der Waals surface area contributed by atoms with Crippen molar-refractivity contribution in [2.45, 2.75) is 13.3 Å². The Kier molecular flexibility index (Phi) is 5.46. The zero-order valence-electron chi connectivity index (χ0n) is 14.3. The minimum absolute atomic E-state index is 0.0852. The van der Waals surface area contributed by atoms with Crippen molar-refractivity contribution in [1.29, 1.82) is 0 Å². The van der Waals surface area contributed by atoms with Crippen LogP contribution in [0.25, 0.3) is 11.3 Å². The van der Waals surface area contributed by atoms with Crippen molar-refractivity contribution >= 4 is 17.2 Å². The second-order valence-electron chi connectivity index (χ2n) is 5.73. The zero-order chi connectivity index (χ0) is 17.6. The summed E-state index contributed by atoms with van der Waals surface area (Å²) in [7, 11) is 1.61. The van der Waals surface area contributed by atoms with Gasteiger partial charge in [0.15, 0.2) is 0 Å². The molecule has 3 rings (SSSR count). The molecule has 1 aromatic heterocycles. The molecule has 128 valence electrons. The molecular formula is C20H20N2O2S. The van der Waals surface area contributed by atoms with E-state index in [1.54, 1.807) is 42.7 Å². The minimum atomic E-state index is -0.0852. The van der Waals surface area contributed by atoms with Gasteiger partial charge in [0, 0.05) is 29.5 Å². The third kappa shape index (κ3) is 4.45.